The van der Waals surface area contributed by atoms with Crippen molar-refractivity contribution in [1.29, 1.82) is 0 Å². The maximum atomic E-state index is 4.33. The lowest BCUT2D eigenvalue weighted by Gasteiger charge is -2.15. The standard InChI is InChI=1S/C8H12BrN/c1-3-7-4-5-8(9)10-6(7)2/h5,7H,3-4H2,1-2H3. The quantitative estimate of drug-likeness (QED) is 0.579. The molecule has 0 radical (unpaired) electrons. The first-order valence-corrected chi connectivity index (χ1v) is 4.44. The van der Waals surface area contributed by atoms with E-state index in [1.165, 1.54) is 12.1 Å². The van der Waals surface area contributed by atoms with Crippen LogP contribution in [0.5, 0.6) is 0 Å². The number of nitrogens with zero attached hydrogens (tertiary/aromatic N) is 1. The Labute approximate surface area is 70.4 Å². The maximum Gasteiger partial charge on any atom is 0.102 e. The van der Waals surface area contributed by atoms with E-state index in [1.54, 1.807) is 0 Å². The number of halogens is 1. The van der Waals surface area contributed by atoms with E-state index in [1.807, 2.05) is 0 Å². The Kier molecular flexibility index (Phi) is 2.66. The summed E-state index contributed by atoms with van der Waals surface area (Å²) < 4.78 is 0.995. The third-order valence-electron chi connectivity index (χ3n) is 1.94. The monoisotopic (exact) mass is 201 g/mol. The number of hydrogen-bond acceptors (Lipinski definition) is 1. The first kappa shape index (κ1) is 7.99. The van der Waals surface area contributed by atoms with Gasteiger partial charge in [0.1, 0.15) is 4.61 Å². The van der Waals surface area contributed by atoms with Crippen molar-refractivity contribution in [1.82, 2.24) is 0 Å². The summed E-state index contributed by atoms with van der Waals surface area (Å²) in [4.78, 5) is 4.33. The molecule has 1 nitrogen and oxygen atoms in total. The van der Waals surface area contributed by atoms with Gasteiger partial charge in [0, 0.05) is 11.6 Å². The van der Waals surface area contributed by atoms with Gasteiger partial charge in [-0.2, -0.15) is 0 Å². The predicted molar refractivity (Wildman–Crippen MR) is 48.5 cm³/mol. The van der Waals surface area contributed by atoms with Crippen LogP contribution in [-0.2, 0) is 0 Å². The highest BCUT2D eigenvalue weighted by Crippen LogP contribution is 2.22. The molecule has 0 amide bonds. The number of hydrogen-bond donors (Lipinski definition) is 0. The number of rotatable bonds is 1. The Morgan fingerprint density at radius 2 is 2.50 bits per heavy atom. The highest BCUT2D eigenvalue weighted by Gasteiger charge is 2.12. The molecule has 1 rings (SSSR count). The summed E-state index contributed by atoms with van der Waals surface area (Å²) >= 11 is 3.36. The highest BCUT2D eigenvalue weighted by molar-refractivity contribution is 9.11. The fourth-order valence-corrected chi connectivity index (χ4v) is 1.64. The molecule has 0 aromatic heterocycles. The van der Waals surface area contributed by atoms with Crippen LogP contribution in [0.25, 0.3) is 0 Å². The molecule has 0 N–H and O–H groups in total. The van der Waals surface area contributed by atoms with Crippen molar-refractivity contribution in [3.05, 3.63) is 10.7 Å². The van der Waals surface area contributed by atoms with Crippen LogP contribution in [-0.4, -0.2) is 5.71 Å². The summed E-state index contributed by atoms with van der Waals surface area (Å²) in [6.45, 7) is 4.30. The lowest BCUT2D eigenvalue weighted by atomic mass is 9.96. The molecule has 0 saturated carbocycles. The van der Waals surface area contributed by atoms with Crippen LogP contribution in [0.3, 0.4) is 0 Å². The Morgan fingerprint density at radius 1 is 1.80 bits per heavy atom. The minimum absolute atomic E-state index is 0.682. The van der Waals surface area contributed by atoms with E-state index >= 15 is 0 Å². The van der Waals surface area contributed by atoms with Gasteiger partial charge in [-0.1, -0.05) is 13.0 Å². The third kappa shape index (κ3) is 1.69. The molecule has 10 heavy (non-hydrogen) atoms. The topological polar surface area (TPSA) is 12.4 Å². The zero-order chi connectivity index (χ0) is 7.56. The largest absolute Gasteiger partial charge is 0.251 e. The summed E-state index contributed by atoms with van der Waals surface area (Å²) in [5, 5.41) is 0. The molecule has 0 fully saturated rings. The Bertz CT molecular complexity index is 182. The maximum absolute atomic E-state index is 4.33. The van der Waals surface area contributed by atoms with Gasteiger partial charge < -0.3 is 0 Å². The van der Waals surface area contributed by atoms with Crippen LogP contribution < -0.4 is 0 Å². The first-order chi connectivity index (χ1) is 4.74. The van der Waals surface area contributed by atoms with Crippen LogP contribution in [0.4, 0.5) is 0 Å². The molecule has 0 bridgehead atoms. The minimum atomic E-state index is 0.682. The lowest BCUT2D eigenvalue weighted by Crippen LogP contribution is -2.11. The van der Waals surface area contributed by atoms with E-state index in [-0.39, 0.29) is 0 Å². The van der Waals surface area contributed by atoms with Gasteiger partial charge >= 0.3 is 0 Å². The van der Waals surface area contributed by atoms with E-state index in [2.05, 4.69) is 40.8 Å². The molecule has 1 unspecified atom stereocenters. The summed E-state index contributed by atoms with van der Waals surface area (Å²) in [5.74, 6) is 0.682. The second-order valence-corrected chi connectivity index (χ2v) is 3.43. The smallest absolute Gasteiger partial charge is 0.102 e. The molecule has 0 saturated heterocycles. The van der Waals surface area contributed by atoms with Gasteiger partial charge in [0.25, 0.3) is 0 Å². The molecule has 1 atom stereocenters. The van der Waals surface area contributed by atoms with Crippen molar-refractivity contribution in [3.8, 4) is 0 Å². The van der Waals surface area contributed by atoms with Crippen molar-refractivity contribution in [2.45, 2.75) is 26.7 Å². The molecule has 0 spiro atoms. The normalized spacial score (nSPS) is 25.7. The van der Waals surface area contributed by atoms with Crippen molar-refractivity contribution in [3.63, 3.8) is 0 Å². The van der Waals surface area contributed by atoms with Gasteiger partial charge in [-0.25, -0.2) is 0 Å². The molecule has 0 aromatic carbocycles. The Morgan fingerprint density at radius 3 is 3.00 bits per heavy atom. The van der Waals surface area contributed by atoms with Gasteiger partial charge in [-0.05, 0) is 35.7 Å². The molecular weight excluding hydrogens is 190 g/mol. The summed E-state index contributed by atoms with van der Waals surface area (Å²) in [7, 11) is 0. The number of aliphatic imine (C=N–C) groups is 1. The van der Waals surface area contributed by atoms with Gasteiger partial charge in [-0.3, -0.25) is 4.99 Å². The van der Waals surface area contributed by atoms with Gasteiger partial charge in [0.05, 0.1) is 0 Å². The summed E-state index contributed by atoms with van der Waals surface area (Å²) in [5.41, 5.74) is 1.26. The van der Waals surface area contributed by atoms with E-state index in [4.69, 9.17) is 0 Å². The molecule has 1 aliphatic heterocycles. The van der Waals surface area contributed by atoms with Crippen molar-refractivity contribution in [2.75, 3.05) is 0 Å². The van der Waals surface area contributed by atoms with Crippen molar-refractivity contribution in [2.24, 2.45) is 10.9 Å². The molecule has 1 heterocycles. The average Bonchev–Trinajstić information content (AvgIpc) is 1.88. The molecule has 1 aliphatic rings. The van der Waals surface area contributed by atoms with E-state index < -0.39 is 0 Å². The molecule has 56 valence electrons. The van der Waals surface area contributed by atoms with Crippen LogP contribution in [0.15, 0.2) is 15.7 Å². The Balaban J connectivity index is 2.68. The van der Waals surface area contributed by atoms with Gasteiger partial charge in [-0.15, -0.1) is 0 Å². The SMILES string of the molecule is CCC1CC=C(Br)N=C1C. The van der Waals surface area contributed by atoms with E-state index in [9.17, 15) is 0 Å². The van der Waals surface area contributed by atoms with Crippen molar-refractivity contribution >= 4 is 21.6 Å². The van der Waals surface area contributed by atoms with Crippen LogP contribution in [0, 0.1) is 5.92 Å². The van der Waals surface area contributed by atoms with Gasteiger partial charge in [0.2, 0.25) is 0 Å². The summed E-state index contributed by atoms with van der Waals surface area (Å²) in [6.07, 6.45) is 4.49. The predicted octanol–water partition coefficient (Wildman–Crippen LogP) is 3.11. The zero-order valence-corrected chi connectivity index (χ0v) is 7.98. The summed E-state index contributed by atoms with van der Waals surface area (Å²) in [6, 6.07) is 0. The van der Waals surface area contributed by atoms with Crippen molar-refractivity contribution < 1.29 is 0 Å². The highest BCUT2D eigenvalue weighted by atomic mass is 79.9. The van der Waals surface area contributed by atoms with Crippen LogP contribution >= 0.6 is 15.9 Å². The van der Waals surface area contributed by atoms with Gasteiger partial charge in [0.15, 0.2) is 0 Å². The average molecular weight is 202 g/mol. The Hall–Kier alpha value is -0.110. The minimum Gasteiger partial charge on any atom is -0.251 e. The van der Waals surface area contributed by atoms with Crippen LogP contribution in [0.2, 0.25) is 0 Å². The molecular formula is C8H12BrN. The fraction of sp³-hybridized carbons (Fsp3) is 0.625. The molecule has 0 aliphatic carbocycles. The van der Waals surface area contributed by atoms with E-state index in [0.29, 0.717) is 5.92 Å². The van der Waals surface area contributed by atoms with E-state index in [0.717, 1.165) is 11.0 Å². The lowest BCUT2D eigenvalue weighted by molar-refractivity contribution is 0.665. The van der Waals surface area contributed by atoms with Crippen LogP contribution in [0.1, 0.15) is 26.7 Å². The second-order valence-electron chi connectivity index (χ2n) is 2.62. The number of allylic oxidation sites excluding steroid dienone is 1. The molecule has 2 heteroatoms. The first-order valence-electron chi connectivity index (χ1n) is 3.65. The molecule has 0 aromatic rings. The third-order valence-corrected chi connectivity index (χ3v) is 2.44. The fourth-order valence-electron chi connectivity index (χ4n) is 1.18. The zero-order valence-electron chi connectivity index (χ0n) is 6.39. The second kappa shape index (κ2) is 3.33.